The topological polar surface area (TPSA) is 66.5 Å². The third kappa shape index (κ3) is 7.39. The maximum atomic E-state index is 12.6. The van der Waals surface area contributed by atoms with Crippen LogP contribution in [0.25, 0.3) is 0 Å². The molecule has 3 rings (SSSR count). The molecule has 1 heterocycles. The van der Waals surface area contributed by atoms with Crippen LogP contribution in [0.2, 0.25) is 10.0 Å². The molecule has 0 unspecified atom stereocenters. The summed E-state index contributed by atoms with van der Waals surface area (Å²) in [6, 6.07) is 14.6. The minimum Gasteiger partial charge on any atom is -0.355 e. The number of nitrogens with zero attached hydrogens (tertiary/aromatic N) is 1. The summed E-state index contributed by atoms with van der Waals surface area (Å²) in [5, 5.41) is 4.24. The first-order valence-electron chi connectivity index (χ1n) is 10.2. The van der Waals surface area contributed by atoms with Crippen LogP contribution >= 0.6 is 35.0 Å². The second-order valence-corrected chi connectivity index (χ2v) is 11.4. The lowest BCUT2D eigenvalue weighted by Crippen LogP contribution is -2.43. The van der Waals surface area contributed by atoms with Gasteiger partial charge in [0.15, 0.2) is 0 Å². The Morgan fingerprint density at radius 2 is 1.81 bits per heavy atom. The lowest BCUT2D eigenvalue weighted by atomic mass is 9.97. The highest BCUT2D eigenvalue weighted by atomic mass is 35.5. The minimum absolute atomic E-state index is 0.000434. The largest absolute Gasteiger partial charge is 0.355 e. The molecular weight excluding hydrogens is 475 g/mol. The maximum absolute atomic E-state index is 12.6. The highest BCUT2D eigenvalue weighted by Gasteiger charge is 2.30. The van der Waals surface area contributed by atoms with Crippen LogP contribution in [0.5, 0.6) is 0 Å². The predicted molar refractivity (Wildman–Crippen MR) is 129 cm³/mol. The van der Waals surface area contributed by atoms with Crippen LogP contribution < -0.4 is 5.32 Å². The van der Waals surface area contributed by atoms with Gasteiger partial charge in [0.25, 0.3) is 0 Å². The number of benzene rings is 2. The molecule has 1 amide bonds. The first kappa shape index (κ1) is 24.4. The van der Waals surface area contributed by atoms with Crippen LogP contribution in [-0.2, 0) is 26.3 Å². The number of sulfonamides is 1. The zero-order valence-corrected chi connectivity index (χ0v) is 20.2. The van der Waals surface area contributed by atoms with Crippen molar-refractivity contribution in [3.8, 4) is 0 Å². The fraction of sp³-hybridized carbons (Fsp3) is 0.409. The highest BCUT2D eigenvalue weighted by molar-refractivity contribution is 7.98. The molecule has 1 aliphatic heterocycles. The lowest BCUT2D eigenvalue weighted by Gasteiger charge is -2.30. The van der Waals surface area contributed by atoms with Crippen molar-refractivity contribution in [2.24, 2.45) is 5.92 Å². The fourth-order valence-electron chi connectivity index (χ4n) is 3.48. The highest BCUT2D eigenvalue weighted by Crippen LogP contribution is 2.25. The summed E-state index contributed by atoms with van der Waals surface area (Å²) in [5.41, 5.74) is 1.80. The molecule has 1 fully saturated rings. The molecule has 1 aliphatic rings. The second kappa shape index (κ2) is 11.6. The Labute approximate surface area is 198 Å². The molecule has 0 aliphatic carbocycles. The van der Waals surface area contributed by atoms with E-state index in [1.54, 1.807) is 17.8 Å². The molecule has 168 valence electrons. The smallest absolute Gasteiger partial charge is 0.223 e. The molecule has 0 bridgehead atoms. The molecule has 1 saturated heterocycles. The average Bonchev–Trinajstić information content (AvgIpc) is 2.75. The van der Waals surface area contributed by atoms with E-state index in [0.29, 0.717) is 42.5 Å². The van der Waals surface area contributed by atoms with Crippen LogP contribution in [0, 0.1) is 5.92 Å². The van der Waals surface area contributed by atoms with Gasteiger partial charge in [-0.25, -0.2) is 12.7 Å². The molecule has 2 aromatic carbocycles. The van der Waals surface area contributed by atoms with Gasteiger partial charge in [-0.15, -0.1) is 0 Å². The molecule has 0 atom stereocenters. The summed E-state index contributed by atoms with van der Waals surface area (Å²) in [7, 11) is -3.36. The first-order valence-corrected chi connectivity index (χ1v) is 13.7. The Bertz CT molecular complexity index is 980. The summed E-state index contributed by atoms with van der Waals surface area (Å²) in [6.45, 7) is 1.34. The van der Waals surface area contributed by atoms with Crippen molar-refractivity contribution < 1.29 is 13.2 Å². The van der Waals surface area contributed by atoms with E-state index in [2.05, 4.69) is 5.32 Å². The van der Waals surface area contributed by atoms with Crippen molar-refractivity contribution in [3.05, 3.63) is 69.7 Å². The summed E-state index contributed by atoms with van der Waals surface area (Å²) >= 11 is 13.8. The van der Waals surface area contributed by atoms with Crippen molar-refractivity contribution in [1.82, 2.24) is 9.62 Å². The quantitative estimate of drug-likeness (QED) is 0.511. The molecule has 0 spiro atoms. The van der Waals surface area contributed by atoms with Crippen molar-refractivity contribution in [1.29, 1.82) is 0 Å². The van der Waals surface area contributed by atoms with Gasteiger partial charge >= 0.3 is 0 Å². The number of piperidine rings is 1. The van der Waals surface area contributed by atoms with Crippen LogP contribution in [-0.4, -0.2) is 44.0 Å². The average molecular weight is 502 g/mol. The number of nitrogens with one attached hydrogen (secondary N) is 1. The Hall–Kier alpha value is -1.25. The molecule has 0 saturated carbocycles. The molecular formula is C22H26Cl2N2O3S2. The molecule has 9 heteroatoms. The predicted octanol–water partition coefficient (Wildman–Crippen LogP) is 4.58. The van der Waals surface area contributed by atoms with Gasteiger partial charge in [-0.05, 0) is 36.1 Å². The number of amides is 1. The van der Waals surface area contributed by atoms with Crippen LogP contribution in [0.1, 0.15) is 24.0 Å². The summed E-state index contributed by atoms with van der Waals surface area (Å²) in [6.07, 6.45) is 1.10. The van der Waals surface area contributed by atoms with Gasteiger partial charge in [-0.1, -0.05) is 59.6 Å². The zero-order valence-electron chi connectivity index (χ0n) is 17.1. The Morgan fingerprint density at radius 3 is 2.48 bits per heavy atom. The van der Waals surface area contributed by atoms with Gasteiger partial charge in [-0.3, -0.25) is 4.79 Å². The summed E-state index contributed by atoms with van der Waals surface area (Å²) in [4.78, 5) is 12.4. The van der Waals surface area contributed by atoms with Gasteiger partial charge < -0.3 is 5.32 Å². The van der Waals surface area contributed by atoms with E-state index in [-0.39, 0.29) is 17.6 Å². The Morgan fingerprint density at radius 1 is 1.10 bits per heavy atom. The van der Waals surface area contributed by atoms with Gasteiger partial charge in [0.05, 0.1) is 5.75 Å². The van der Waals surface area contributed by atoms with Crippen LogP contribution in [0.3, 0.4) is 0 Å². The number of hydrogen-bond donors (Lipinski definition) is 1. The third-order valence-electron chi connectivity index (χ3n) is 5.23. The number of rotatable bonds is 9. The van der Waals surface area contributed by atoms with E-state index < -0.39 is 10.0 Å². The van der Waals surface area contributed by atoms with Crippen molar-refractivity contribution in [2.75, 3.05) is 25.4 Å². The number of carbonyl (C=O) groups excluding carboxylic acids is 1. The SMILES string of the molecule is O=C(NCCSCc1ccc(Cl)cc1Cl)C1CCN(S(=O)(=O)Cc2ccccc2)CC1. The molecule has 2 aromatic rings. The van der Waals surface area contributed by atoms with Gasteiger partial charge in [0.1, 0.15) is 0 Å². The van der Waals surface area contributed by atoms with Crippen LogP contribution in [0.15, 0.2) is 48.5 Å². The van der Waals surface area contributed by atoms with E-state index in [1.165, 1.54) is 4.31 Å². The standard InChI is InChI=1S/C22H26Cl2N2O3S2/c23-20-7-6-19(21(24)14-20)15-30-13-10-25-22(27)18-8-11-26(12-9-18)31(28,29)16-17-4-2-1-3-5-17/h1-7,14,18H,8-13,15-16H2,(H,25,27). The second-order valence-electron chi connectivity index (χ2n) is 7.49. The Balaban J connectivity index is 1.36. The number of thioether (sulfide) groups is 1. The van der Waals surface area contributed by atoms with E-state index in [9.17, 15) is 13.2 Å². The molecule has 5 nitrogen and oxygen atoms in total. The van der Waals surface area contributed by atoms with E-state index >= 15 is 0 Å². The number of halogens is 2. The number of carbonyl (C=O) groups is 1. The Kier molecular flexibility index (Phi) is 9.10. The molecule has 0 radical (unpaired) electrons. The maximum Gasteiger partial charge on any atom is 0.223 e. The van der Waals surface area contributed by atoms with E-state index in [4.69, 9.17) is 23.2 Å². The summed E-state index contributed by atoms with van der Waals surface area (Å²) in [5.74, 6) is 1.39. The molecule has 1 N–H and O–H groups in total. The van der Waals surface area contributed by atoms with E-state index in [0.717, 1.165) is 22.6 Å². The van der Waals surface area contributed by atoms with Crippen molar-refractivity contribution >= 4 is 50.9 Å². The lowest BCUT2D eigenvalue weighted by molar-refractivity contribution is -0.125. The monoisotopic (exact) mass is 500 g/mol. The van der Waals surface area contributed by atoms with Gasteiger partial charge in [0, 0.05) is 47.1 Å². The summed E-state index contributed by atoms with van der Waals surface area (Å²) < 4.78 is 26.8. The minimum atomic E-state index is -3.36. The number of hydrogen-bond acceptors (Lipinski definition) is 4. The normalized spacial score (nSPS) is 15.7. The van der Waals surface area contributed by atoms with Crippen molar-refractivity contribution in [3.63, 3.8) is 0 Å². The third-order valence-corrected chi connectivity index (χ3v) is 8.67. The molecule has 31 heavy (non-hydrogen) atoms. The van der Waals surface area contributed by atoms with Gasteiger partial charge in [0.2, 0.25) is 15.9 Å². The van der Waals surface area contributed by atoms with Gasteiger partial charge in [-0.2, -0.15) is 11.8 Å². The van der Waals surface area contributed by atoms with Crippen LogP contribution in [0.4, 0.5) is 0 Å². The zero-order chi connectivity index (χ0) is 22.3. The molecule has 0 aromatic heterocycles. The fourth-order valence-corrected chi connectivity index (χ4v) is 6.46. The first-order chi connectivity index (χ1) is 14.8. The van der Waals surface area contributed by atoms with E-state index in [1.807, 2.05) is 42.5 Å². The van der Waals surface area contributed by atoms with Crippen molar-refractivity contribution in [2.45, 2.75) is 24.3 Å².